The summed E-state index contributed by atoms with van der Waals surface area (Å²) in [5.41, 5.74) is 0.712. The summed E-state index contributed by atoms with van der Waals surface area (Å²) in [7, 11) is -3.81. The molecule has 4 rings (SSSR count). The maximum Gasteiger partial charge on any atom is 0.288 e. The zero-order valence-corrected chi connectivity index (χ0v) is 20.3. The number of thioether (sulfide) groups is 1. The summed E-state index contributed by atoms with van der Waals surface area (Å²) in [5, 5.41) is 2.94. The van der Waals surface area contributed by atoms with Crippen molar-refractivity contribution in [3.63, 3.8) is 0 Å². The van der Waals surface area contributed by atoms with Crippen molar-refractivity contribution in [2.45, 2.75) is 15.5 Å². The molecule has 0 unspecified atom stereocenters. The van der Waals surface area contributed by atoms with E-state index >= 15 is 0 Å². The molecule has 2 heterocycles. The summed E-state index contributed by atoms with van der Waals surface area (Å²) in [4.78, 5) is 17.5. The Morgan fingerprint density at radius 3 is 2.69 bits per heavy atom. The number of fused-ring (bicyclic) bond motifs is 1. The predicted octanol–water partition coefficient (Wildman–Crippen LogP) is 4.65. The van der Waals surface area contributed by atoms with Gasteiger partial charge in [0.15, 0.2) is 5.13 Å². The second kappa shape index (κ2) is 9.69. The first-order valence-electron chi connectivity index (χ1n) is 9.28. The van der Waals surface area contributed by atoms with Gasteiger partial charge in [-0.25, -0.2) is 13.4 Å². The molecule has 1 aliphatic rings. The number of morpholine rings is 1. The lowest BCUT2D eigenvalue weighted by atomic mass is 10.2. The number of benzene rings is 2. The summed E-state index contributed by atoms with van der Waals surface area (Å²) in [5.74, 6) is -3.06. The van der Waals surface area contributed by atoms with E-state index in [1.807, 2.05) is 0 Å². The maximum atomic E-state index is 13.0. The highest BCUT2D eigenvalue weighted by Gasteiger charge is 2.29. The van der Waals surface area contributed by atoms with Gasteiger partial charge in [-0.2, -0.15) is 13.1 Å². The predicted molar refractivity (Wildman–Crippen MR) is 123 cm³/mol. The molecule has 0 radical (unpaired) electrons. The average Bonchev–Trinajstić information content (AvgIpc) is 3.15. The number of aromatic nitrogens is 1. The van der Waals surface area contributed by atoms with Crippen molar-refractivity contribution in [1.82, 2.24) is 9.29 Å². The Labute approximate surface area is 199 Å². The van der Waals surface area contributed by atoms with Gasteiger partial charge in [-0.1, -0.05) is 23.1 Å². The number of anilines is 1. The van der Waals surface area contributed by atoms with Gasteiger partial charge in [0.2, 0.25) is 10.0 Å². The number of carbonyl (C=O) groups excluding carboxylic acids is 1. The fourth-order valence-corrected chi connectivity index (χ4v) is 6.94. The topological polar surface area (TPSA) is 88.6 Å². The number of amides is 1. The largest absolute Gasteiger partial charge is 0.379 e. The molecule has 0 atom stereocenters. The molecule has 13 heteroatoms. The van der Waals surface area contributed by atoms with E-state index in [0.717, 1.165) is 11.3 Å². The Morgan fingerprint density at radius 2 is 1.97 bits per heavy atom. The number of halogens is 3. The third-order valence-electron chi connectivity index (χ3n) is 4.59. The molecule has 1 aromatic heterocycles. The van der Waals surface area contributed by atoms with Crippen LogP contribution in [-0.2, 0) is 14.8 Å². The summed E-state index contributed by atoms with van der Waals surface area (Å²) < 4.78 is 58.7. The van der Waals surface area contributed by atoms with Gasteiger partial charge in [-0.3, -0.25) is 10.1 Å². The van der Waals surface area contributed by atoms with Crippen LogP contribution in [-0.4, -0.2) is 55.7 Å². The Morgan fingerprint density at radius 1 is 1.22 bits per heavy atom. The van der Waals surface area contributed by atoms with Crippen molar-refractivity contribution < 1.29 is 26.7 Å². The van der Waals surface area contributed by atoms with Crippen LogP contribution >= 0.6 is 39.0 Å². The molecule has 0 bridgehead atoms. The molecule has 0 aliphatic carbocycles. The first-order valence-corrected chi connectivity index (χ1v) is 13.2. The molecule has 1 N–H and O–H groups in total. The molecular formula is C19H16BrF2N3O4S3. The van der Waals surface area contributed by atoms with Crippen LogP contribution in [0.2, 0.25) is 0 Å². The molecule has 0 spiro atoms. The molecular weight excluding hydrogens is 548 g/mol. The van der Waals surface area contributed by atoms with Gasteiger partial charge in [0.25, 0.3) is 11.7 Å². The summed E-state index contributed by atoms with van der Waals surface area (Å²) >= 11 is 4.84. The third-order valence-corrected chi connectivity index (χ3v) is 9.12. The van der Waals surface area contributed by atoms with Gasteiger partial charge in [-0.05, 0) is 52.3 Å². The minimum atomic E-state index is -3.81. The van der Waals surface area contributed by atoms with E-state index in [9.17, 15) is 22.0 Å². The Bertz CT molecular complexity index is 1260. The van der Waals surface area contributed by atoms with Crippen LogP contribution in [0.25, 0.3) is 10.2 Å². The van der Waals surface area contributed by atoms with E-state index in [-0.39, 0.29) is 28.7 Å². The first kappa shape index (κ1) is 23.5. The number of nitrogens with zero attached hydrogens (tertiary/aromatic N) is 2. The van der Waals surface area contributed by atoms with Gasteiger partial charge in [0.05, 0.1) is 28.3 Å². The number of carbonyl (C=O) groups is 1. The normalized spacial score (nSPS) is 15.4. The van der Waals surface area contributed by atoms with Crippen molar-refractivity contribution in [3.05, 3.63) is 46.4 Å². The number of thiazole rings is 1. The molecule has 1 aliphatic heterocycles. The molecule has 7 nitrogen and oxygen atoms in total. The number of hydrogen-bond acceptors (Lipinski definition) is 7. The molecule has 1 saturated heterocycles. The number of ether oxygens (including phenoxy) is 1. The van der Waals surface area contributed by atoms with Crippen molar-refractivity contribution >= 4 is 70.3 Å². The number of nitrogens with one attached hydrogen (secondary N) is 1. The second-order valence-corrected chi connectivity index (χ2v) is 11.5. The molecule has 1 fully saturated rings. The molecule has 2 aromatic carbocycles. The zero-order chi connectivity index (χ0) is 22.9. The average molecular weight is 564 g/mol. The van der Waals surface area contributed by atoms with Crippen LogP contribution in [0.1, 0.15) is 10.4 Å². The lowest BCUT2D eigenvalue weighted by molar-refractivity contribution is 0.0730. The van der Waals surface area contributed by atoms with Crippen LogP contribution in [0.15, 0.2) is 50.7 Å². The number of alkyl halides is 2. The van der Waals surface area contributed by atoms with E-state index in [1.165, 1.54) is 22.5 Å². The maximum absolute atomic E-state index is 13.0. The van der Waals surface area contributed by atoms with E-state index in [1.54, 1.807) is 18.2 Å². The molecule has 3 aromatic rings. The molecule has 1 amide bonds. The second-order valence-electron chi connectivity index (χ2n) is 6.64. The van der Waals surface area contributed by atoms with Crippen LogP contribution in [0, 0.1) is 0 Å². The van der Waals surface area contributed by atoms with Crippen LogP contribution in [0.4, 0.5) is 13.9 Å². The first-order chi connectivity index (χ1) is 15.2. The Balaban J connectivity index is 1.56. The lowest BCUT2D eigenvalue weighted by Crippen LogP contribution is -2.40. The quantitative estimate of drug-likeness (QED) is 0.439. The summed E-state index contributed by atoms with van der Waals surface area (Å²) in [6.45, 7) is 1.10. The highest BCUT2D eigenvalue weighted by Crippen LogP contribution is 2.33. The minimum absolute atomic E-state index is 0.00924. The molecule has 170 valence electrons. The monoisotopic (exact) mass is 563 g/mol. The number of hydrogen-bond donors (Lipinski definition) is 1. The standard InChI is InChI=1S/C19H16BrF2N3O4S3/c20-13-3-1-11(9-16(13)32(27,28)25-5-7-29-8-6-25)17(26)24-19-23-14-4-2-12(30-18(21)22)10-15(14)31-19/h1-4,9-10,18H,5-8H2,(H,23,24,26). The van der Waals surface area contributed by atoms with E-state index in [0.29, 0.717) is 44.6 Å². The number of rotatable bonds is 6. The van der Waals surface area contributed by atoms with Gasteiger partial charge in [0, 0.05) is 28.0 Å². The SMILES string of the molecule is O=C(Nc1nc2ccc(SC(F)F)cc2s1)c1ccc(Br)c(S(=O)(=O)N2CCOCC2)c1. The van der Waals surface area contributed by atoms with Crippen molar-refractivity contribution in [1.29, 1.82) is 0 Å². The van der Waals surface area contributed by atoms with Gasteiger partial charge >= 0.3 is 0 Å². The molecule has 0 saturated carbocycles. The van der Waals surface area contributed by atoms with Crippen LogP contribution in [0.5, 0.6) is 0 Å². The van der Waals surface area contributed by atoms with Crippen LogP contribution < -0.4 is 5.32 Å². The van der Waals surface area contributed by atoms with E-state index in [2.05, 4.69) is 26.2 Å². The minimum Gasteiger partial charge on any atom is -0.379 e. The van der Waals surface area contributed by atoms with Gasteiger partial charge in [0.1, 0.15) is 0 Å². The molecule has 32 heavy (non-hydrogen) atoms. The Kier molecular flexibility index (Phi) is 7.12. The smallest absolute Gasteiger partial charge is 0.288 e. The summed E-state index contributed by atoms with van der Waals surface area (Å²) in [6.07, 6.45) is 0. The van der Waals surface area contributed by atoms with E-state index < -0.39 is 21.7 Å². The fraction of sp³-hybridized carbons (Fsp3) is 0.263. The van der Waals surface area contributed by atoms with Crippen LogP contribution in [0.3, 0.4) is 0 Å². The van der Waals surface area contributed by atoms with Crippen molar-refractivity contribution in [2.75, 3.05) is 31.6 Å². The van der Waals surface area contributed by atoms with E-state index in [4.69, 9.17) is 4.74 Å². The van der Waals surface area contributed by atoms with Crippen molar-refractivity contribution in [2.24, 2.45) is 0 Å². The summed E-state index contributed by atoms with van der Waals surface area (Å²) in [6, 6.07) is 9.07. The number of sulfonamides is 1. The van der Waals surface area contributed by atoms with Crippen molar-refractivity contribution in [3.8, 4) is 0 Å². The zero-order valence-electron chi connectivity index (χ0n) is 16.3. The highest BCUT2D eigenvalue weighted by molar-refractivity contribution is 9.10. The van der Waals surface area contributed by atoms with Gasteiger partial charge in [-0.15, -0.1) is 0 Å². The fourth-order valence-electron chi connectivity index (χ4n) is 3.07. The Hall–Kier alpha value is -1.64. The lowest BCUT2D eigenvalue weighted by Gasteiger charge is -2.26. The van der Waals surface area contributed by atoms with Gasteiger partial charge < -0.3 is 4.74 Å². The highest BCUT2D eigenvalue weighted by atomic mass is 79.9. The third kappa shape index (κ3) is 5.13.